The zero-order valence-electron chi connectivity index (χ0n) is 9.72. The molecule has 0 saturated heterocycles. The Balaban J connectivity index is 2.54. The van der Waals surface area contributed by atoms with Crippen LogP contribution in [0.4, 0.5) is 0 Å². The number of methoxy groups -OCH3 is 1. The van der Waals surface area contributed by atoms with Crippen LogP contribution in [0.15, 0.2) is 24.3 Å². The molecule has 5 nitrogen and oxygen atoms in total. The third-order valence-electron chi connectivity index (χ3n) is 2.37. The summed E-state index contributed by atoms with van der Waals surface area (Å²) < 4.78 is 4.85. The van der Waals surface area contributed by atoms with Crippen molar-refractivity contribution in [1.82, 2.24) is 5.32 Å². The first kappa shape index (κ1) is 13.5. The zero-order chi connectivity index (χ0) is 12.7. The number of ether oxygens (including phenoxy) is 1. The van der Waals surface area contributed by atoms with Crippen LogP contribution < -0.4 is 5.32 Å². The average molecular weight is 239 g/mol. The summed E-state index contributed by atoms with van der Waals surface area (Å²) in [6.07, 6.45) is 0.374. The number of aliphatic carboxylic acids is 1. The molecule has 0 heterocycles. The van der Waals surface area contributed by atoms with E-state index in [1.807, 2.05) is 0 Å². The number of rotatable bonds is 7. The van der Waals surface area contributed by atoms with E-state index in [1.165, 1.54) is 0 Å². The fourth-order valence-corrected chi connectivity index (χ4v) is 1.45. The first-order valence-corrected chi connectivity index (χ1v) is 5.36. The predicted octanol–water partition coefficient (Wildman–Crippen LogP) is 0.624. The lowest BCUT2D eigenvalue weighted by Crippen LogP contribution is -2.40. The quantitative estimate of drug-likeness (QED) is 0.608. The Morgan fingerprint density at radius 2 is 2.06 bits per heavy atom. The number of phenols is 1. The van der Waals surface area contributed by atoms with Gasteiger partial charge in [-0.3, -0.25) is 4.79 Å². The van der Waals surface area contributed by atoms with E-state index in [-0.39, 0.29) is 5.75 Å². The highest BCUT2D eigenvalue weighted by atomic mass is 16.5. The lowest BCUT2D eigenvalue weighted by Gasteiger charge is -2.14. The van der Waals surface area contributed by atoms with Crippen LogP contribution >= 0.6 is 0 Å². The van der Waals surface area contributed by atoms with E-state index in [2.05, 4.69) is 5.32 Å². The van der Waals surface area contributed by atoms with Crippen LogP contribution in [0.5, 0.6) is 5.75 Å². The van der Waals surface area contributed by atoms with Crippen molar-refractivity contribution in [1.29, 1.82) is 0 Å². The number of carboxylic acid groups (broad SMARTS) is 1. The van der Waals surface area contributed by atoms with E-state index >= 15 is 0 Å². The molecule has 0 saturated carbocycles. The van der Waals surface area contributed by atoms with E-state index in [4.69, 9.17) is 14.9 Å². The normalized spacial score (nSPS) is 12.3. The van der Waals surface area contributed by atoms with Crippen LogP contribution in [-0.2, 0) is 16.0 Å². The molecule has 5 heteroatoms. The molecular weight excluding hydrogens is 222 g/mol. The standard InChI is InChI=1S/C12H17NO4/c1-17-7-6-13-11(12(15)16)8-9-2-4-10(14)5-3-9/h2-5,11,13-14H,6-8H2,1H3,(H,15,16)/t11-/m0/s1. The van der Waals surface area contributed by atoms with Gasteiger partial charge in [-0.15, -0.1) is 0 Å². The largest absolute Gasteiger partial charge is 0.508 e. The lowest BCUT2D eigenvalue weighted by molar-refractivity contribution is -0.139. The van der Waals surface area contributed by atoms with Crippen molar-refractivity contribution in [2.75, 3.05) is 20.3 Å². The average Bonchev–Trinajstić information content (AvgIpc) is 2.30. The van der Waals surface area contributed by atoms with Crippen molar-refractivity contribution >= 4 is 5.97 Å². The number of benzene rings is 1. The van der Waals surface area contributed by atoms with E-state index in [1.54, 1.807) is 31.4 Å². The van der Waals surface area contributed by atoms with E-state index in [0.29, 0.717) is 19.6 Å². The van der Waals surface area contributed by atoms with Gasteiger partial charge in [0.2, 0.25) is 0 Å². The van der Waals surface area contributed by atoms with Crippen molar-refractivity contribution < 1.29 is 19.7 Å². The van der Waals surface area contributed by atoms with Gasteiger partial charge in [0.05, 0.1) is 6.61 Å². The zero-order valence-corrected chi connectivity index (χ0v) is 9.72. The maximum absolute atomic E-state index is 11.0. The summed E-state index contributed by atoms with van der Waals surface area (Å²) in [7, 11) is 1.57. The fraction of sp³-hybridized carbons (Fsp3) is 0.417. The maximum Gasteiger partial charge on any atom is 0.321 e. The third kappa shape index (κ3) is 4.84. The topological polar surface area (TPSA) is 78.8 Å². The van der Waals surface area contributed by atoms with Gasteiger partial charge in [-0.1, -0.05) is 12.1 Å². The molecule has 0 fully saturated rings. The Morgan fingerprint density at radius 1 is 1.41 bits per heavy atom. The van der Waals surface area contributed by atoms with Gasteiger partial charge < -0.3 is 20.3 Å². The maximum atomic E-state index is 11.0. The Kier molecular flexibility index (Phi) is 5.45. The second-order valence-corrected chi connectivity index (χ2v) is 3.71. The van der Waals surface area contributed by atoms with E-state index < -0.39 is 12.0 Å². The van der Waals surface area contributed by atoms with Crippen LogP contribution in [0, 0.1) is 0 Å². The number of aromatic hydroxyl groups is 1. The summed E-state index contributed by atoms with van der Waals surface area (Å²) in [5.74, 6) is -0.720. The molecule has 1 aromatic carbocycles. The van der Waals surface area contributed by atoms with Crippen molar-refractivity contribution in [3.05, 3.63) is 29.8 Å². The molecular formula is C12H17NO4. The fourth-order valence-electron chi connectivity index (χ4n) is 1.45. The van der Waals surface area contributed by atoms with E-state index in [9.17, 15) is 4.79 Å². The molecule has 1 atom stereocenters. The first-order chi connectivity index (χ1) is 8.13. The van der Waals surface area contributed by atoms with Crippen molar-refractivity contribution in [3.63, 3.8) is 0 Å². The van der Waals surface area contributed by atoms with Gasteiger partial charge in [0.15, 0.2) is 0 Å². The van der Waals surface area contributed by atoms with Crippen LogP contribution in [-0.4, -0.2) is 42.5 Å². The second-order valence-electron chi connectivity index (χ2n) is 3.71. The minimum absolute atomic E-state index is 0.174. The van der Waals surface area contributed by atoms with Crippen molar-refractivity contribution in [2.45, 2.75) is 12.5 Å². The molecule has 0 aliphatic heterocycles. The SMILES string of the molecule is COCCN[C@@H](Cc1ccc(O)cc1)C(=O)O. The minimum Gasteiger partial charge on any atom is -0.508 e. The summed E-state index contributed by atoms with van der Waals surface area (Å²) in [5.41, 5.74) is 0.861. The highest BCUT2D eigenvalue weighted by Crippen LogP contribution is 2.11. The van der Waals surface area contributed by atoms with Gasteiger partial charge in [-0.25, -0.2) is 0 Å². The molecule has 0 aliphatic rings. The lowest BCUT2D eigenvalue weighted by atomic mass is 10.1. The molecule has 0 unspecified atom stereocenters. The van der Waals surface area contributed by atoms with Crippen LogP contribution in [0.25, 0.3) is 0 Å². The molecule has 0 aliphatic carbocycles. The number of hydrogen-bond acceptors (Lipinski definition) is 4. The van der Waals surface area contributed by atoms with Gasteiger partial charge in [-0.2, -0.15) is 0 Å². The molecule has 94 valence electrons. The Morgan fingerprint density at radius 3 is 2.59 bits per heavy atom. The molecule has 0 aromatic heterocycles. The molecule has 0 radical (unpaired) electrons. The molecule has 3 N–H and O–H groups in total. The second kappa shape index (κ2) is 6.88. The van der Waals surface area contributed by atoms with Crippen LogP contribution in [0.3, 0.4) is 0 Å². The Hall–Kier alpha value is -1.59. The smallest absolute Gasteiger partial charge is 0.321 e. The molecule has 0 bridgehead atoms. The predicted molar refractivity (Wildman–Crippen MR) is 63.1 cm³/mol. The minimum atomic E-state index is -0.894. The van der Waals surface area contributed by atoms with Gasteiger partial charge in [0.1, 0.15) is 11.8 Å². The molecule has 1 rings (SSSR count). The summed E-state index contributed by atoms with van der Waals surface area (Å²) in [6.45, 7) is 0.963. The number of hydrogen-bond donors (Lipinski definition) is 3. The summed E-state index contributed by atoms with van der Waals surface area (Å²) in [4.78, 5) is 11.0. The van der Waals surface area contributed by atoms with Crippen molar-refractivity contribution in [2.24, 2.45) is 0 Å². The van der Waals surface area contributed by atoms with E-state index in [0.717, 1.165) is 5.56 Å². The van der Waals surface area contributed by atoms with Gasteiger partial charge in [-0.05, 0) is 24.1 Å². The number of carbonyl (C=O) groups is 1. The first-order valence-electron chi connectivity index (χ1n) is 5.36. The molecule has 0 amide bonds. The number of nitrogens with one attached hydrogen (secondary N) is 1. The van der Waals surface area contributed by atoms with Gasteiger partial charge >= 0.3 is 5.97 Å². The Labute approximate surface area is 100 Å². The van der Waals surface area contributed by atoms with Crippen molar-refractivity contribution in [3.8, 4) is 5.75 Å². The highest BCUT2D eigenvalue weighted by Gasteiger charge is 2.16. The van der Waals surface area contributed by atoms with Gasteiger partial charge in [0.25, 0.3) is 0 Å². The summed E-state index contributed by atoms with van der Waals surface area (Å²) in [6, 6.07) is 5.87. The molecule has 0 spiro atoms. The Bertz CT molecular complexity index is 350. The summed E-state index contributed by atoms with van der Waals surface area (Å²) in [5, 5.41) is 21.1. The highest BCUT2D eigenvalue weighted by molar-refractivity contribution is 5.73. The number of carboxylic acids is 1. The third-order valence-corrected chi connectivity index (χ3v) is 2.37. The van der Waals surface area contributed by atoms with Crippen LogP contribution in [0.2, 0.25) is 0 Å². The monoisotopic (exact) mass is 239 g/mol. The molecule has 17 heavy (non-hydrogen) atoms. The van der Waals surface area contributed by atoms with Crippen LogP contribution in [0.1, 0.15) is 5.56 Å². The summed E-state index contributed by atoms with van der Waals surface area (Å²) >= 11 is 0. The molecule has 1 aromatic rings. The number of phenolic OH excluding ortho intramolecular Hbond substituents is 1. The van der Waals surface area contributed by atoms with Gasteiger partial charge in [0, 0.05) is 13.7 Å².